The Hall–Kier alpha value is -1.68. The number of aryl methyl sites for hydroxylation is 1. The highest BCUT2D eigenvalue weighted by molar-refractivity contribution is 14.0. The summed E-state index contributed by atoms with van der Waals surface area (Å²) in [5, 5.41) is 6.70. The van der Waals surface area contributed by atoms with Crippen molar-refractivity contribution in [1.29, 1.82) is 0 Å². The Bertz CT molecular complexity index is 755. The molecule has 1 saturated carbocycles. The van der Waals surface area contributed by atoms with Gasteiger partial charge in [0.25, 0.3) is 0 Å². The van der Waals surface area contributed by atoms with Gasteiger partial charge >= 0.3 is 0 Å². The maximum Gasteiger partial charge on any atom is 0.191 e. The topological polar surface area (TPSA) is 76.4 Å². The molecule has 2 aromatic rings. The molecular weight excluding hydrogens is 491 g/mol. The van der Waals surface area contributed by atoms with Crippen LogP contribution in [-0.2, 0) is 11.3 Å². The lowest BCUT2D eigenvalue weighted by Gasteiger charge is -2.22. The Morgan fingerprint density at radius 1 is 1.20 bits per heavy atom. The second-order valence-corrected chi connectivity index (χ2v) is 7.48. The summed E-state index contributed by atoms with van der Waals surface area (Å²) < 4.78 is 7.96. The van der Waals surface area contributed by atoms with Crippen molar-refractivity contribution in [3.05, 3.63) is 42.1 Å². The first kappa shape index (κ1) is 24.6. The second-order valence-electron chi connectivity index (χ2n) is 7.48. The SMILES string of the molecule is CCNC(=NCc1ccc(-n2ccnc2C)nc1)NCCCOC1CCCCC1.I. The van der Waals surface area contributed by atoms with E-state index in [9.17, 15) is 0 Å². The molecule has 2 aromatic heterocycles. The lowest BCUT2D eigenvalue weighted by Crippen LogP contribution is -2.38. The first-order chi connectivity index (χ1) is 14.3. The number of guanidine groups is 1. The monoisotopic (exact) mass is 526 g/mol. The van der Waals surface area contributed by atoms with Gasteiger partial charge in [0.2, 0.25) is 0 Å². The van der Waals surface area contributed by atoms with Crippen LogP contribution in [0, 0.1) is 6.92 Å². The van der Waals surface area contributed by atoms with Crippen molar-refractivity contribution in [1.82, 2.24) is 25.2 Å². The molecule has 0 spiro atoms. The zero-order valence-electron chi connectivity index (χ0n) is 18.1. The first-order valence-electron chi connectivity index (χ1n) is 10.9. The summed E-state index contributed by atoms with van der Waals surface area (Å²) in [5.74, 6) is 2.63. The third kappa shape index (κ3) is 7.86. The predicted molar refractivity (Wildman–Crippen MR) is 132 cm³/mol. The van der Waals surface area contributed by atoms with Crippen LogP contribution in [0.5, 0.6) is 0 Å². The molecule has 166 valence electrons. The number of pyridine rings is 1. The highest BCUT2D eigenvalue weighted by atomic mass is 127. The number of halogens is 1. The van der Waals surface area contributed by atoms with Gasteiger partial charge in [0, 0.05) is 38.3 Å². The minimum absolute atomic E-state index is 0. The van der Waals surface area contributed by atoms with Crippen molar-refractivity contribution < 1.29 is 4.74 Å². The quantitative estimate of drug-likeness (QED) is 0.224. The fourth-order valence-corrected chi connectivity index (χ4v) is 3.55. The van der Waals surface area contributed by atoms with Crippen LogP contribution in [0.2, 0.25) is 0 Å². The summed E-state index contributed by atoms with van der Waals surface area (Å²) in [4.78, 5) is 13.4. The number of nitrogens with one attached hydrogen (secondary N) is 2. The van der Waals surface area contributed by atoms with Gasteiger partial charge in [-0.3, -0.25) is 4.57 Å². The minimum Gasteiger partial charge on any atom is -0.378 e. The lowest BCUT2D eigenvalue weighted by atomic mass is 9.98. The van der Waals surface area contributed by atoms with Gasteiger partial charge in [-0.15, -0.1) is 24.0 Å². The normalized spacial score (nSPS) is 14.9. The van der Waals surface area contributed by atoms with E-state index in [0.29, 0.717) is 12.6 Å². The van der Waals surface area contributed by atoms with Gasteiger partial charge in [-0.25, -0.2) is 15.0 Å². The van der Waals surface area contributed by atoms with E-state index in [4.69, 9.17) is 4.74 Å². The highest BCUT2D eigenvalue weighted by Gasteiger charge is 2.13. The number of hydrogen-bond acceptors (Lipinski definition) is 4. The van der Waals surface area contributed by atoms with Crippen molar-refractivity contribution in [2.24, 2.45) is 4.99 Å². The van der Waals surface area contributed by atoms with Gasteiger partial charge in [-0.1, -0.05) is 25.3 Å². The zero-order valence-corrected chi connectivity index (χ0v) is 20.5. The Morgan fingerprint density at radius 3 is 2.70 bits per heavy atom. The van der Waals surface area contributed by atoms with E-state index in [-0.39, 0.29) is 24.0 Å². The maximum atomic E-state index is 5.99. The molecule has 0 radical (unpaired) electrons. The fraction of sp³-hybridized carbons (Fsp3) is 0.591. The number of aromatic nitrogens is 3. The van der Waals surface area contributed by atoms with Crippen LogP contribution in [0.15, 0.2) is 35.7 Å². The molecule has 0 saturated heterocycles. The molecular formula is C22H35IN6O. The minimum atomic E-state index is 0. The summed E-state index contributed by atoms with van der Waals surface area (Å²) in [6.45, 7) is 7.14. The third-order valence-electron chi connectivity index (χ3n) is 5.16. The van der Waals surface area contributed by atoms with E-state index >= 15 is 0 Å². The van der Waals surface area contributed by atoms with Gasteiger partial charge in [0.15, 0.2) is 5.96 Å². The smallest absolute Gasteiger partial charge is 0.191 e. The van der Waals surface area contributed by atoms with Gasteiger partial charge < -0.3 is 15.4 Å². The molecule has 0 amide bonds. The third-order valence-corrected chi connectivity index (χ3v) is 5.16. The standard InChI is InChI=1S/C22H34N6O.HI/c1-3-23-22(25-12-7-15-29-20-8-5-4-6-9-20)27-17-19-10-11-21(26-16-19)28-14-13-24-18(28)2;/h10-11,13-14,16,20H,3-9,12,15,17H2,1-2H3,(H2,23,25,27);1H. The molecule has 0 aromatic carbocycles. The fourth-order valence-electron chi connectivity index (χ4n) is 3.55. The van der Waals surface area contributed by atoms with Crippen LogP contribution in [0.1, 0.15) is 56.8 Å². The van der Waals surface area contributed by atoms with Crippen molar-refractivity contribution in [2.45, 2.75) is 65.0 Å². The maximum absolute atomic E-state index is 5.99. The van der Waals surface area contributed by atoms with Gasteiger partial charge in [0.1, 0.15) is 11.6 Å². The van der Waals surface area contributed by atoms with E-state index < -0.39 is 0 Å². The van der Waals surface area contributed by atoms with Crippen molar-refractivity contribution in [3.8, 4) is 5.82 Å². The molecule has 0 aliphatic heterocycles. The molecule has 2 heterocycles. The largest absolute Gasteiger partial charge is 0.378 e. The molecule has 0 bridgehead atoms. The van der Waals surface area contributed by atoms with Crippen LogP contribution in [0.3, 0.4) is 0 Å². The molecule has 0 atom stereocenters. The molecule has 1 aliphatic rings. The Morgan fingerprint density at radius 2 is 2.03 bits per heavy atom. The van der Waals surface area contributed by atoms with Crippen LogP contribution < -0.4 is 10.6 Å². The first-order valence-corrected chi connectivity index (χ1v) is 10.9. The van der Waals surface area contributed by atoms with Crippen LogP contribution in [0.25, 0.3) is 5.82 Å². The predicted octanol–water partition coefficient (Wildman–Crippen LogP) is 3.99. The second kappa shape index (κ2) is 13.6. The summed E-state index contributed by atoms with van der Waals surface area (Å²) in [7, 11) is 0. The summed E-state index contributed by atoms with van der Waals surface area (Å²) >= 11 is 0. The number of nitrogens with zero attached hydrogens (tertiary/aromatic N) is 4. The molecule has 30 heavy (non-hydrogen) atoms. The van der Waals surface area contributed by atoms with Crippen molar-refractivity contribution in [2.75, 3.05) is 19.7 Å². The summed E-state index contributed by atoms with van der Waals surface area (Å²) in [6, 6.07) is 4.06. The van der Waals surface area contributed by atoms with Gasteiger partial charge in [0.05, 0.1) is 12.6 Å². The number of imidazole rings is 1. The number of rotatable bonds is 9. The molecule has 0 unspecified atom stereocenters. The molecule has 8 heteroatoms. The Balaban J connectivity index is 0.00000320. The summed E-state index contributed by atoms with van der Waals surface area (Å²) in [6.07, 6.45) is 13.5. The zero-order chi connectivity index (χ0) is 20.3. The Kier molecular flexibility index (Phi) is 11.1. The lowest BCUT2D eigenvalue weighted by molar-refractivity contribution is 0.0277. The average molecular weight is 526 g/mol. The van der Waals surface area contributed by atoms with E-state index in [2.05, 4.69) is 38.6 Å². The molecule has 3 rings (SSSR count). The van der Waals surface area contributed by atoms with Gasteiger partial charge in [-0.05, 0) is 44.7 Å². The Labute approximate surface area is 197 Å². The number of ether oxygens (including phenoxy) is 1. The highest BCUT2D eigenvalue weighted by Crippen LogP contribution is 2.20. The van der Waals surface area contributed by atoms with Crippen LogP contribution in [-0.4, -0.2) is 46.3 Å². The van der Waals surface area contributed by atoms with E-state index in [0.717, 1.165) is 49.3 Å². The van der Waals surface area contributed by atoms with Crippen LogP contribution >= 0.6 is 24.0 Å². The van der Waals surface area contributed by atoms with E-state index in [1.807, 2.05) is 30.0 Å². The van der Waals surface area contributed by atoms with Crippen molar-refractivity contribution >= 4 is 29.9 Å². The van der Waals surface area contributed by atoms with Gasteiger partial charge in [-0.2, -0.15) is 0 Å². The van der Waals surface area contributed by atoms with E-state index in [1.54, 1.807) is 6.20 Å². The summed E-state index contributed by atoms with van der Waals surface area (Å²) in [5.41, 5.74) is 1.07. The number of hydrogen-bond donors (Lipinski definition) is 2. The molecule has 1 aliphatic carbocycles. The average Bonchev–Trinajstić information content (AvgIpc) is 3.18. The molecule has 2 N–H and O–H groups in total. The van der Waals surface area contributed by atoms with Crippen LogP contribution in [0.4, 0.5) is 0 Å². The van der Waals surface area contributed by atoms with Crippen molar-refractivity contribution in [3.63, 3.8) is 0 Å². The number of aliphatic imine (C=N–C) groups is 1. The molecule has 1 fully saturated rings. The molecule has 7 nitrogen and oxygen atoms in total. The van der Waals surface area contributed by atoms with E-state index in [1.165, 1.54) is 32.1 Å².